The molecule has 9 nitrogen and oxygen atoms in total. The third kappa shape index (κ3) is 7.35. The maximum atomic E-state index is 12.2. The first-order valence-corrected chi connectivity index (χ1v) is 10.1. The first-order chi connectivity index (χ1) is 15.0. The van der Waals surface area contributed by atoms with E-state index in [4.69, 9.17) is 16.3 Å². The minimum absolute atomic E-state index is 0.0205. The van der Waals surface area contributed by atoms with Crippen LogP contribution in [0.15, 0.2) is 42.5 Å². The fourth-order valence-electron chi connectivity index (χ4n) is 2.65. The maximum Gasteiger partial charge on any atom is 0.308 e. The number of hydrogen-bond acceptors (Lipinski definition) is 6. The molecule has 2 amide bonds. The number of halogens is 1. The molecular weight excluding hydrogens is 438 g/mol. The summed E-state index contributed by atoms with van der Waals surface area (Å²) in [7, 11) is 0. The average Bonchev–Trinajstić information content (AvgIpc) is 2.73. The summed E-state index contributed by atoms with van der Waals surface area (Å²) in [5, 5.41) is 15.8. The number of nitro groups is 1. The lowest BCUT2D eigenvalue weighted by molar-refractivity contribution is -0.384. The zero-order valence-corrected chi connectivity index (χ0v) is 18.7. The van der Waals surface area contributed by atoms with Gasteiger partial charge in [-0.2, -0.15) is 0 Å². The van der Waals surface area contributed by atoms with Gasteiger partial charge in [0.2, 0.25) is 0 Å². The summed E-state index contributed by atoms with van der Waals surface area (Å²) in [6.45, 7) is 5.70. The predicted molar refractivity (Wildman–Crippen MR) is 120 cm³/mol. The molecule has 170 valence electrons. The topological polar surface area (TPSA) is 128 Å². The van der Waals surface area contributed by atoms with Crippen molar-refractivity contribution in [3.63, 3.8) is 0 Å². The number of esters is 1. The number of amides is 2. The van der Waals surface area contributed by atoms with E-state index in [0.29, 0.717) is 5.56 Å². The highest BCUT2D eigenvalue weighted by atomic mass is 35.5. The van der Waals surface area contributed by atoms with Crippen molar-refractivity contribution >= 4 is 40.8 Å². The number of anilines is 1. The highest BCUT2D eigenvalue weighted by molar-refractivity contribution is 6.32. The summed E-state index contributed by atoms with van der Waals surface area (Å²) in [6, 6.07) is 11.0. The first kappa shape index (κ1) is 24.8. The largest absolute Gasteiger partial charge is 0.456 e. The summed E-state index contributed by atoms with van der Waals surface area (Å²) in [6.07, 6.45) is -0.120. The molecule has 0 atom stereocenters. The van der Waals surface area contributed by atoms with Gasteiger partial charge >= 0.3 is 5.97 Å². The van der Waals surface area contributed by atoms with Gasteiger partial charge in [0.15, 0.2) is 6.61 Å². The number of carbonyl (C=O) groups excluding carboxylic acids is 3. The van der Waals surface area contributed by atoms with E-state index in [1.54, 1.807) is 12.1 Å². The van der Waals surface area contributed by atoms with Crippen LogP contribution in [-0.2, 0) is 19.7 Å². The molecule has 0 aliphatic carbocycles. The molecule has 0 aromatic heterocycles. The second-order valence-electron chi connectivity index (χ2n) is 7.97. The van der Waals surface area contributed by atoms with Crippen LogP contribution >= 0.6 is 11.6 Å². The van der Waals surface area contributed by atoms with Gasteiger partial charge in [0, 0.05) is 23.9 Å². The molecule has 0 unspecified atom stereocenters. The molecule has 10 heteroatoms. The number of carbonyl (C=O) groups is 3. The van der Waals surface area contributed by atoms with Gasteiger partial charge in [0.05, 0.1) is 11.3 Å². The fourth-order valence-corrected chi connectivity index (χ4v) is 2.83. The summed E-state index contributed by atoms with van der Waals surface area (Å²) < 4.78 is 4.86. The van der Waals surface area contributed by atoms with E-state index in [-0.39, 0.29) is 40.7 Å². The van der Waals surface area contributed by atoms with Crippen LogP contribution in [-0.4, -0.2) is 35.9 Å². The van der Waals surface area contributed by atoms with Crippen molar-refractivity contribution in [3.8, 4) is 0 Å². The predicted octanol–water partition coefficient (Wildman–Crippen LogP) is 3.85. The van der Waals surface area contributed by atoms with E-state index < -0.39 is 23.4 Å². The Morgan fingerprint density at radius 1 is 1.09 bits per heavy atom. The van der Waals surface area contributed by atoms with Gasteiger partial charge in [-0.3, -0.25) is 24.5 Å². The van der Waals surface area contributed by atoms with E-state index in [1.165, 1.54) is 12.1 Å². The Morgan fingerprint density at radius 3 is 2.34 bits per heavy atom. The lowest BCUT2D eigenvalue weighted by Crippen LogP contribution is -2.27. The van der Waals surface area contributed by atoms with Crippen LogP contribution < -0.4 is 10.6 Å². The molecule has 0 aliphatic heterocycles. The molecule has 0 aliphatic rings. The van der Waals surface area contributed by atoms with E-state index >= 15 is 0 Å². The van der Waals surface area contributed by atoms with E-state index in [9.17, 15) is 24.5 Å². The van der Waals surface area contributed by atoms with Crippen LogP contribution in [0.25, 0.3) is 0 Å². The molecule has 0 saturated heterocycles. The lowest BCUT2D eigenvalue weighted by Gasteiger charge is -2.19. The second kappa shape index (κ2) is 10.7. The molecule has 0 fully saturated rings. The summed E-state index contributed by atoms with van der Waals surface area (Å²) in [4.78, 5) is 46.1. The number of nitro benzene ring substituents is 1. The number of rotatable bonds is 8. The number of ether oxygens (including phenoxy) is 1. The number of hydrogen-bond donors (Lipinski definition) is 2. The monoisotopic (exact) mass is 461 g/mol. The Hall–Kier alpha value is -3.46. The highest BCUT2D eigenvalue weighted by Gasteiger charge is 2.16. The smallest absolute Gasteiger partial charge is 0.308 e. The molecular formula is C22H24ClN3O6. The average molecular weight is 462 g/mol. The Morgan fingerprint density at radius 2 is 1.75 bits per heavy atom. The third-order valence-electron chi connectivity index (χ3n) is 4.42. The van der Waals surface area contributed by atoms with Crippen molar-refractivity contribution in [2.45, 2.75) is 32.6 Å². The molecule has 0 heterocycles. The van der Waals surface area contributed by atoms with Gasteiger partial charge < -0.3 is 15.4 Å². The van der Waals surface area contributed by atoms with Crippen molar-refractivity contribution in [1.29, 1.82) is 0 Å². The van der Waals surface area contributed by atoms with E-state index in [1.807, 2.05) is 12.1 Å². The summed E-state index contributed by atoms with van der Waals surface area (Å²) >= 11 is 5.71. The van der Waals surface area contributed by atoms with Gasteiger partial charge in [0.1, 0.15) is 5.02 Å². The van der Waals surface area contributed by atoms with Crippen LogP contribution in [0.4, 0.5) is 11.4 Å². The van der Waals surface area contributed by atoms with E-state index in [2.05, 4.69) is 31.4 Å². The lowest BCUT2D eigenvalue weighted by atomic mass is 9.87. The number of benzene rings is 2. The van der Waals surface area contributed by atoms with Crippen molar-refractivity contribution in [1.82, 2.24) is 5.32 Å². The zero-order valence-electron chi connectivity index (χ0n) is 17.9. The third-order valence-corrected chi connectivity index (χ3v) is 4.74. The number of nitrogens with one attached hydrogen (secondary N) is 2. The molecule has 0 spiro atoms. The Labute approximate surface area is 190 Å². The fraction of sp³-hybridized carbons (Fsp3) is 0.318. The highest BCUT2D eigenvalue weighted by Crippen LogP contribution is 2.27. The van der Waals surface area contributed by atoms with Gasteiger partial charge in [-0.05, 0) is 35.2 Å². The van der Waals surface area contributed by atoms with Gasteiger partial charge in [-0.25, -0.2) is 0 Å². The molecule has 2 aromatic rings. The zero-order chi connectivity index (χ0) is 23.9. The van der Waals surface area contributed by atoms with Crippen LogP contribution in [0.1, 0.15) is 43.1 Å². The molecule has 2 rings (SSSR count). The van der Waals surface area contributed by atoms with Gasteiger partial charge in [-0.1, -0.05) is 44.5 Å². The quantitative estimate of drug-likeness (QED) is 0.349. The first-order valence-electron chi connectivity index (χ1n) is 9.75. The maximum absolute atomic E-state index is 12.2. The Bertz CT molecular complexity index is 1020. The van der Waals surface area contributed by atoms with Crippen molar-refractivity contribution < 1.29 is 24.0 Å². The minimum atomic E-state index is -0.675. The second-order valence-corrected chi connectivity index (χ2v) is 8.37. The Balaban J connectivity index is 1.74. The SMILES string of the molecule is CC(C)(C)c1ccc(C(=O)NCCC(=O)OCC(=O)Nc2ccc(Cl)c([N+](=O)[O-])c2)cc1. The van der Waals surface area contributed by atoms with Crippen molar-refractivity contribution in [2.75, 3.05) is 18.5 Å². The van der Waals surface area contributed by atoms with Crippen LogP contribution in [0.5, 0.6) is 0 Å². The minimum Gasteiger partial charge on any atom is -0.456 e. The van der Waals surface area contributed by atoms with Crippen molar-refractivity contribution in [3.05, 3.63) is 68.7 Å². The van der Waals surface area contributed by atoms with Gasteiger partial charge in [-0.15, -0.1) is 0 Å². The molecule has 32 heavy (non-hydrogen) atoms. The van der Waals surface area contributed by atoms with Crippen LogP contribution in [0.2, 0.25) is 5.02 Å². The molecule has 0 saturated carbocycles. The molecule has 2 aromatic carbocycles. The van der Waals surface area contributed by atoms with Crippen molar-refractivity contribution in [2.24, 2.45) is 0 Å². The van der Waals surface area contributed by atoms with E-state index in [0.717, 1.165) is 11.6 Å². The summed E-state index contributed by atoms with van der Waals surface area (Å²) in [5.74, 6) is -1.66. The molecule has 2 N–H and O–H groups in total. The molecule has 0 bridgehead atoms. The number of nitrogens with zero attached hydrogens (tertiary/aromatic N) is 1. The summed E-state index contributed by atoms with van der Waals surface area (Å²) in [5.41, 5.74) is 1.34. The standard InChI is InChI=1S/C22H24ClN3O6/c1-22(2,3)15-6-4-14(5-7-15)21(29)24-11-10-20(28)32-13-19(27)25-16-8-9-17(23)18(12-16)26(30)31/h4-9,12H,10-11,13H2,1-3H3,(H,24,29)(H,25,27). The normalized spacial score (nSPS) is 10.9. The van der Waals surface area contributed by atoms with Crippen LogP contribution in [0, 0.1) is 10.1 Å². The van der Waals surface area contributed by atoms with Gasteiger partial charge in [0.25, 0.3) is 17.5 Å². The van der Waals surface area contributed by atoms with Crippen LogP contribution in [0.3, 0.4) is 0 Å². The molecule has 0 radical (unpaired) electrons. The Kier molecular flexibility index (Phi) is 8.31.